The van der Waals surface area contributed by atoms with Crippen molar-refractivity contribution in [2.24, 2.45) is 5.41 Å². The lowest BCUT2D eigenvalue weighted by molar-refractivity contribution is -0.140. The molecule has 0 aliphatic carbocycles. The molecule has 3 heterocycles. The lowest BCUT2D eigenvalue weighted by atomic mass is 9.77. The Morgan fingerprint density at radius 3 is 2.35 bits per heavy atom. The standard InChI is InChI=1S/C26H30N2O6/c1-31-18-7-8-20(32-2)19(15-18)24(29)27-12-9-26(10-13-27)11-14-28(17-26)25(30)23-16-33-21-5-3-4-6-22(21)34-23/h3-8,15,23H,9-14,16-17H2,1-2H3. The van der Waals surface area contributed by atoms with Crippen LogP contribution in [0.4, 0.5) is 0 Å². The molecule has 180 valence electrons. The maximum absolute atomic E-state index is 13.2. The third kappa shape index (κ3) is 4.13. The van der Waals surface area contributed by atoms with Gasteiger partial charge in [-0.1, -0.05) is 12.1 Å². The molecule has 2 aromatic carbocycles. The third-order valence-electron chi connectivity index (χ3n) is 7.28. The zero-order valence-corrected chi connectivity index (χ0v) is 19.6. The number of carbonyl (C=O) groups is 2. The first-order chi connectivity index (χ1) is 16.5. The van der Waals surface area contributed by atoms with Crippen LogP contribution in [0, 0.1) is 5.41 Å². The number of hydrogen-bond donors (Lipinski definition) is 0. The van der Waals surface area contributed by atoms with Crippen LogP contribution in [0.25, 0.3) is 0 Å². The van der Waals surface area contributed by atoms with Gasteiger partial charge >= 0.3 is 0 Å². The monoisotopic (exact) mass is 466 g/mol. The van der Waals surface area contributed by atoms with Crippen LogP contribution in [-0.2, 0) is 4.79 Å². The predicted octanol–water partition coefficient (Wildman–Crippen LogP) is 3.00. The number of fused-ring (bicyclic) bond motifs is 1. The number of piperidine rings is 1. The molecule has 3 aliphatic heterocycles. The summed E-state index contributed by atoms with van der Waals surface area (Å²) >= 11 is 0. The summed E-state index contributed by atoms with van der Waals surface area (Å²) in [4.78, 5) is 30.2. The summed E-state index contributed by atoms with van der Waals surface area (Å²) in [6, 6.07) is 12.7. The topological polar surface area (TPSA) is 77.5 Å². The Balaban J connectivity index is 1.20. The van der Waals surface area contributed by atoms with Crippen LogP contribution < -0.4 is 18.9 Å². The molecule has 8 heteroatoms. The first kappa shape index (κ1) is 22.4. The molecule has 0 radical (unpaired) electrons. The molecule has 0 saturated carbocycles. The number of carbonyl (C=O) groups excluding carboxylic acids is 2. The first-order valence-corrected chi connectivity index (χ1v) is 11.7. The van der Waals surface area contributed by atoms with Crippen LogP contribution in [-0.4, -0.2) is 74.7 Å². The molecule has 8 nitrogen and oxygen atoms in total. The highest BCUT2D eigenvalue weighted by atomic mass is 16.6. The number of para-hydroxylation sites is 2. The summed E-state index contributed by atoms with van der Waals surface area (Å²) in [6.45, 7) is 2.93. The highest BCUT2D eigenvalue weighted by Gasteiger charge is 2.45. The lowest BCUT2D eigenvalue weighted by Gasteiger charge is -2.39. The zero-order chi connectivity index (χ0) is 23.7. The molecule has 0 N–H and O–H groups in total. The van der Waals surface area contributed by atoms with Crippen molar-refractivity contribution in [2.75, 3.05) is 47.0 Å². The number of methoxy groups -OCH3 is 2. The number of hydrogen-bond acceptors (Lipinski definition) is 6. The van der Waals surface area contributed by atoms with Crippen molar-refractivity contribution in [3.63, 3.8) is 0 Å². The summed E-state index contributed by atoms with van der Waals surface area (Å²) in [5, 5.41) is 0. The summed E-state index contributed by atoms with van der Waals surface area (Å²) < 4.78 is 22.4. The number of likely N-dealkylation sites (tertiary alicyclic amines) is 2. The van der Waals surface area contributed by atoms with Gasteiger partial charge in [0.1, 0.15) is 18.1 Å². The average Bonchev–Trinajstić information content (AvgIpc) is 3.30. The summed E-state index contributed by atoms with van der Waals surface area (Å²) in [7, 11) is 3.14. The second kappa shape index (κ2) is 9.08. The van der Waals surface area contributed by atoms with E-state index in [2.05, 4.69) is 0 Å². The number of ether oxygens (including phenoxy) is 4. The minimum absolute atomic E-state index is 0.0222. The van der Waals surface area contributed by atoms with Gasteiger partial charge in [-0.15, -0.1) is 0 Å². The van der Waals surface area contributed by atoms with E-state index in [1.807, 2.05) is 34.1 Å². The minimum Gasteiger partial charge on any atom is -0.497 e. The molecular weight excluding hydrogens is 436 g/mol. The highest BCUT2D eigenvalue weighted by Crippen LogP contribution is 2.42. The zero-order valence-electron chi connectivity index (χ0n) is 19.6. The molecule has 1 spiro atoms. The Morgan fingerprint density at radius 2 is 1.65 bits per heavy atom. The van der Waals surface area contributed by atoms with Crippen LogP contribution in [0.2, 0.25) is 0 Å². The summed E-state index contributed by atoms with van der Waals surface area (Å²) in [5.74, 6) is 2.38. The lowest BCUT2D eigenvalue weighted by Crippen LogP contribution is -2.48. The van der Waals surface area contributed by atoms with Crippen molar-refractivity contribution in [3.05, 3.63) is 48.0 Å². The Morgan fingerprint density at radius 1 is 0.941 bits per heavy atom. The van der Waals surface area contributed by atoms with Gasteiger partial charge < -0.3 is 28.7 Å². The molecule has 1 unspecified atom stereocenters. The van der Waals surface area contributed by atoms with E-state index in [1.165, 1.54) is 0 Å². The maximum Gasteiger partial charge on any atom is 0.267 e. The van der Waals surface area contributed by atoms with Gasteiger partial charge in [0.2, 0.25) is 6.10 Å². The van der Waals surface area contributed by atoms with Crippen molar-refractivity contribution in [1.82, 2.24) is 9.80 Å². The van der Waals surface area contributed by atoms with Gasteiger partial charge in [0.25, 0.3) is 11.8 Å². The van der Waals surface area contributed by atoms with Crippen molar-refractivity contribution >= 4 is 11.8 Å². The maximum atomic E-state index is 13.2. The number of nitrogens with zero attached hydrogens (tertiary/aromatic N) is 2. The van der Waals surface area contributed by atoms with Gasteiger partial charge in [-0.05, 0) is 55.0 Å². The summed E-state index contributed by atoms with van der Waals surface area (Å²) in [5.41, 5.74) is 0.550. The average molecular weight is 467 g/mol. The van der Waals surface area contributed by atoms with E-state index in [0.29, 0.717) is 54.7 Å². The van der Waals surface area contributed by atoms with Crippen molar-refractivity contribution < 1.29 is 28.5 Å². The van der Waals surface area contributed by atoms with E-state index in [1.54, 1.807) is 32.4 Å². The van der Waals surface area contributed by atoms with Crippen molar-refractivity contribution in [2.45, 2.75) is 25.4 Å². The first-order valence-electron chi connectivity index (χ1n) is 11.7. The smallest absolute Gasteiger partial charge is 0.267 e. The minimum atomic E-state index is -0.618. The van der Waals surface area contributed by atoms with Crippen LogP contribution in [0.5, 0.6) is 23.0 Å². The molecule has 2 fully saturated rings. The molecule has 3 aliphatic rings. The second-order valence-electron chi connectivity index (χ2n) is 9.23. The van der Waals surface area contributed by atoms with E-state index < -0.39 is 6.10 Å². The van der Waals surface area contributed by atoms with E-state index >= 15 is 0 Å². The van der Waals surface area contributed by atoms with Gasteiger partial charge in [0, 0.05) is 26.2 Å². The van der Waals surface area contributed by atoms with Gasteiger partial charge in [0.05, 0.1) is 19.8 Å². The molecule has 2 amide bonds. The van der Waals surface area contributed by atoms with E-state index in [0.717, 1.165) is 19.3 Å². The normalized spacial score (nSPS) is 20.8. The molecule has 0 bridgehead atoms. The van der Waals surface area contributed by atoms with Gasteiger partial charge in [-0.2, -0.15) is 0 Å². The predicted molar refractivity (Wildman–Crippen MR) is 125 cm³/mol. The Hall–Kier alpha value is -3.42. The van der Waals surface area contributed by atoms with Crippen LogP contribution in [0.3, 0.4) is 0 Å². The SMILES string of the molecule is COc1ccc(OC)c(C(=O)N2CCC3(CC2)CCN(C(=O)C2COc4ccccc4O2)C3)c1. The van der Waals surface area contributed by atoms with Gasteiger partial charge in [-0.3, -0.25) is 9.59 Å². The van der Waals surface area contributed by atoms with Crippen LogP contribution in [0.15, 0.2) is 42.5 Å². The molecule has 1 atom stereocenters. The summed E-state index contributed by atoms with van der Waals surface area (Å²) in [6.07, 6.45) is 2.04. The second-order valence-corrected chi connectivity index (χ2v) is 9.23. The quantitative estimate of drug-likeness (QED) is 0.690. The van der Waals surface area contributed by atoms with Gasteiger partial charge in [0.15, 0.2) is 11.5 Å². The molecule has 0 aromatic heterocycles. The van der Waals surface area contributed by atoms with Crippen LogP contribution >= 0.6 is 0 Å². The van der Waals surface area contributed by atoms with Crippen molar-refractivity contribution in [1.29, 1.82) is 0 Å². The van der Waals surface area contributed by atoms with E-state index in [4.69, 9.17) is 18.9 Å². The fourth-order valence-corrected chi connectivity index (χ4v) is 5.21. The number of benzene rings is 2. The molecular formula is C26H30N2O6. The van der Waals surface area contributed by atoms with Crippen LogP contribution in [0.1, 0.15) is 29.6 Å². The Bertz CT molecular complexity index is 1080. The fraction of sp³-hybridized carbons (Fsp3) is 0.462. The van der Waals surface area contributed by atoms with Gasteiger partial charge in [-0.25, -0.2) is 0 Å². The van der Waals surface area contributed by atoms with E-state index in [-0.39, 0.29) is 23.8 Å². The number of rotatable bonds is 4. The Kier molecular flexibility index (Phi) is 5.98. The largest absolute Gasteiger partial charge is 0.497 e. The van der Waals surface area contributed by atoms with E-state index in [9.17, 15) is 9.59 Å². The number of amides is 2. The fourth-order valence-electron chi connectivity index (χ4n) is 5.21. The molecule has 2 saturated heterocycles. The molecule has 34 heavy (non-hydrogen) atoms. The Labute approximate surface area is 199 Å². The molecule has 2 aromatic rings. The highest BCUT2D eigenvalue weighted by molar-refractivity contribution is 5.97. The molecule has 5 rings (SSSR count). The third-order valence-corrected chi connectivity index (χ3v) is 7.28. The van der Waals surface area contributed by atoms with Crippen molar-refractivity contribution in [3.8, 4) is 23.0 Å².